The van der Waals surface area contributed by atoms with Gasteiger partial charge in [-0.1, -0.05) is 30.3 Å². The van der Waals surface area contributed by atoms with Crippen molar-refractivity contribution in [3.63, 3.8) is 0 Å². The Kier molecular flexibility index (Phi) is 7.21. The SMILES string of the molecule is CN(CCOCc1ccccc1)C(=O)CN1CCCCC(O)C1=O. The number of rotatable bonds is 7. The normalized spacial score (nSPS) is 18.3. The topological polar surface area (TPSA) is 70.1 Å². The average molecular weight is 334 g/mol. The summed E-state index contributed by atoms with van der Waals surface area (Å²) in [6.45, 7) is 1.97. The molecule has 1 atom stereocenters. The minimum absolute atomic E-state index is 0.0189. The van der Waals surface area contributed by atoms with E-state index in [-0.39, 0.29) is 18.4 Å². The lowest BCUT2D eigenvalue weighted by molar-refractivity contribution is -0.145. The van der Waals surface area contributed by atoms with Crippen molar-refractivity contribution in [2.45, 2.75) is 32.0 Å². The van der Waals surface area contributed by atoms with E-state index in [2.05, 4.69) is 0 Å². The fraction of sp³-hybridized carbons (Fsp3) is 0.556. The fourth-order valence-electron chi connectivity index (χ4n) is 2.62. The van der Waals surface area contributed by atoms with Crippen LogP contribution in [0.2, 0.25) is 0 Å². The number of carbonyl (C=O) groups excluding carboxylic acids is 2. The number of nitrogens with zero attached hydrogens (tertiary/aromatic N) is 2. The van der Waals surface area contributed by atoms with Gasteiger partial charge in [0.15, 0.2) is 0 Å². The monoisotopic (exact) mass is 334 g/mol. The number of likely N-dealkylation sites (tertiary alicyclic amines) is 1. The van der Waals surface area contributed by atoms with Gasteiger partial charge in [-0.05, 0) is 24.8 Å². The molecule has 1 N–H and O–H groups in total. The van der Waals surface area contributed by atoms with Crippen LogP contribution >= 0.6 is 0 Å². The van der Waals surface area contributed by atoms with Gasteiger partial charge in [0.1, 0.15) is 6.10 Å². The highest BCUT2D eigenvalue weighted by atomic mass is 16.5. The molecule has 0 aromatic heterocycles. The molecule has 0 aliphatic carbocycles. The summed E-state index contributed by atoms with van der Waals surface area (Å²) in [5, 5.41) is 9.73. The van der Waals surface area contributed by atoms with Crippen LogP contribution in [-0.4, -0.2) is 66.1 Å². The Morgan fingerprint density at radius 3 is 2.83 bits per heavy atom. The fourth-order valence-corrected chi connectivity index (χ4v) is 2.62. The minimum Gasteiger partial charge on any atom is -0.383 e. The van der Waals surface area contributed by atoms with E-state index in [1.165, 1.54) is 4.90 Å². The summed E-state index contributed by atoms with van der Waals surface area (Å²) < 4.78 is 5.57. The molecule has 6 nitrogen and oxygen atoms in total. The standard InChI is InChI=1S/C18H26N2O4/c1-19(11-12-24-14-15-7-3-2-4-8-15)17(22)13-20-10-6-5-9-16(21)18(20)23/h2-4,7-8,16,21H,5-6,9-14H2,1H3. The van der Waals surface area contributed by atoms with Gasteiger partial charge in [0.25, 0.3) is 5.91 Å². The molecule has 1 unspecified atom stereocenters. The number of aliphatic hydroxyl groups excluding tert-OH is 1. The largest absolute Gasteiger partial charge is 0.383 e. The van der Waals surface area contributed by atoms with Crippen LogP contribution in [-0.2, 0) is 20.9 Å². The van der Waals surface area contributed by atoms with Gasteiger partial charge in [0.2, 0.25) is 5.91 Å². The molecule has 2 amide bonds. The highest BCUT2D eigenvalue weighted by Crippen LogP contribution is 2.12. The van der Waals surface area contributed by atoms with Gasteiger partial charge in [0.05, 0.1) is 19.8 Å². The summed E-state index contributed by atoms with van der Waals surface area (Å²) in [5.74, 6) is -0.477. The maximum Gasteiger partial charge on any atom is 0.251 e. The number of hydrogen-bond donors (Lipinski definition) is 1. The van der Waals surface area contributed by atoms with Crippen molar-refractivity contribution in [1.82, 2.24) is 9.80 Å². The van der Waals surface area contributed by atoms with Crippen molar-refractivity contribution < 1.29 is 19.4 Å². The van der Waals surface area contributed by atoms with E-state index in [9.17, 15) is 14.7 Å². The summed E-state index contributed by atoms with van der Waals surface area (Å²) in [7, 11) is 1.70. The van der Waals surface area contributed by atoms with Crippen LogP contribution in [0.15, 0.2) is 30.3 Å². The van der Waals surface area contributed by atoms with Crippen molar-refractivity contribution in [1.29, 1.82) is 0 Å². The first-order valence-electron chi connectivity index (χ1n) is 8.40. The summed E-state index contributed by atoms with van der Waals surface area (Å²) in [6, 6.07) is 9.86. The molecule has 0 bridgehead atoms. The highest BCUT2D eigenvalue weighted by Gasteiger charge is 2.27. The lowest BCUT2D eigenvalue weighted by Crippen LogP contribution is -2.45. The number of benzene rings is 1. The Morgan fingerprint density at radius 1 is 1.33 bits per heavy atom. The van der Waals surface area contributed by atoms with Crippen molar-refractivity contribution in [2.24, 2.45) is 0 Å². The summed E-state index contributed by atoms with van der Waals surface area (Å²) in [5.41, 5.74) is 1.09. The van der Waals surface area contributed by atoms with Gasteiger partial charge < -0.3 is 19.6 Å². The molecular formula is C18H26N2O4. The zero-order valence-electron chi connectivity index (χ0n) is 14.2. The Bertz CT molecular complexity index is 535. The average Bonchev–Trinajstić information content (AvgIpc) is 2.75. The molecule has 1 aromatic rings. The van der Waals surface area contributed by atoms with Crippen molar-refractivity contribution >= 4 is 11.8 Å². The van der Waals surface area contributed by atoms with Crippen LogP contribution in [0.4, 0.5) is 0 Å². The lowest BCUT2D eigenvalue weighted by atomic mass is 10.2. The summed E-state index contributed by atoms with van der Waals surface area (Å²) in [4.78, 5) is 27.3. The molecule has 0 radical (unpaired) electrons. The zero-order chi connectivity index (χ0) is 17.4. The van der Waals surface area contributed by atoms with Crippen LogP contribution in [0.25, 0.3) is 0 Å². The molecule has 0 spiro atoms. The number of ether oxygens (including phenoxy) is 1. The molecule has 1 aliphatic rings. The molecule has 2 rings (SSSR count). The van der Waals surface area contributed by atoms with Gasteiger partial charge in [-0.25, -0.2) is 0 Å². The molecule has 1 aliphatic heterocycles. The summed E-state index contributed by atoms with van der Waals surface area (Å²) in [6.07, 6.45) is 1.13. The maximum atomic E-state index is 12.2. The lowest BCUT2D eigenvalue weighted by Gasteiger charge is -2.25. The number of hydrogen-bond acceptors (Lipinski definition) is 4. The van der Waals surface area contributed by atoms with Gasteiger partial charge >= 0.3 is 0 Å². The first-order valence-corrected chi connectivity index (χ1v) is 8.40. The second kappa shape index (κ2) is 9.39. The molecule has 24 heavy (non-hydrogen) atoms. The van der Waals surface area contributed by atoms with Crippen LogP contribution in [0.1, 0.15) is 24.8 Å². The number of amides is 2. The van der Waals surface area contributed by atoms with Gasteiger partial charge in [-0.3, -0.25) is 9.59 Å². The van der Waals surface area contributed by atoms with Gasteiger partial charge in [0, 0.05) is 20.1 Å². The van der Waals surface area contributed by atoms with E-state index in [0.29, 0.717) is 32.7 Å². The Morgan fingerprint density at radius 2 is 2.08 bits per heavy atom. The Labute approximate surface area is 143 Å². The van der Waals surface area contributed by atoms with Gasteiger partial charge in [-0.2, -0.15) is 0 Å². The molecule has 132 valence electrons. The number of carbonyl (C=O) groups is 2. The molecule has 1 fully saturated rings. The zero-order valence-corrected chi connectivity index (χ0v) is 14.2. The van der Waals surface area contributed by atoms with E-state index in [4.69, 9.17) is 4.74 Å². The molecule has 1 saturated heterocycles. The van der Waals surface area contributed by atoms with Crippen molar-refractivity contribution in [3.8, 4) is 0 Å². The highest BCUT2D eigenvalue weighted by molar-refractivity contribution is 5.87. The molecule has 0 saturated carbocycles. The van der Waals surface area contributed by atoms with Crippen LogP contribution in [0, 0.1) is 0 Å². The van der Waals surface area contributed by atoms with E-state index < -0.39 is 6.10 Å². The second-order valence-corrected chi connectivity index (χ2v) is 6.12. The van der Waals surface area contributed by atoms with Crippen LogP contribution in [0.3, 0.4) is 0 Å². The maximum absolute atomic E-state index is 12.2. The quantitative estimate of drug-likeness (QED) is 0.756. The smallest absolute Gasteiger partial charge is 0.251 e. The third kappa shape index (κ3) is 5.62. The molecular weight excluding hydrogens is 308 g/mol. The predicted octanol–water partition coefficient (Wildman–Crippen LogP) is 1.03. The number of aliphatic hydroxyl groups is 1. The molecule has 1 heterocycles. The van der Waals surface area contributed by atoms with Crippen LogP contribution < -0.4 is 0 Å². The number of likely N-dealkylation sites (N-methyl/N-ethyl adjacent to an activating group) is 1. The predicted molar refractivity (Wildman–Crippen MR) is 90.2 cm³/mol. The van der Waals surface area contributed by atoms with Gasteiger partial charge in [-0.15, -0.1) is 0 Å². The van der Waals surface area contributed by atoms with E-state index in [1.54, 1.807) is 11.9 Å². The van der Waals surface area contributed by atoms with Crippen LogP contribution in [0.5, 0.6) is 0 Å². The van der Waals surface area contributed by atoms with E-state index in [1.807, 2.05) is 30.3 Å². The second-order valence-electron chi connectivity index (χ2n) is 6.12. The first-order chi connectivity index (χ1) is 11.6. The van der Waals surface area contributed by atoms with E-state index >= 15 is 0 Å². The van der Waals surface area contributed by atoms with Crippen molar-refractivity contribution in [3.05, 3.63) is 35.9 Å². The Balaban J connectivity index is 1.70. The minimum atomic E-state index is -0.972. The molecule has 6 heteroatoms. The van der Waals surface area contributed by atoms with Crippen molar-refractivity contribution in [2.75, 3.05) is 33.3 Å². The summed E-state index contributed by atoms with van der Waals surface area (Å²) >= 11 is 0. The third-order valence-electron chi connectivity index (χ3n) is 4.19. The van der Waals surface area contributed by atoms with E-state index in [0.717, 1.165) is 18.4 Å². The first kappa shape index (κ1) is 18.4. The third-order valence-corrected chi connectivity index (χ3v) is 4.19. The Hall–Kier alpha value is -1.92. The molecule has 1 aromatic carbocycles.